The molecule has 1 N–H and O–H groups in total. The molecule has 162 valence electrons. The number of para-hydroxylation sites is 3. The van der Waals surface area contributed by atoms with E-state index in [2.05, 4.69) is 5.32 Å². The molecule has 3 aromatic carbocycles. The normalized spacial score (nSPS) is 11.7. The summed E-state index contributed by atoms with van der Waals surface area (Å²) < 4.78 is 10.3. The zero-order valence-corrected chi connectivity index (χ0v) is 18.1. The number of esters is 1. The molecule has 0 spiro atoms. The summed E-state index contributed by atoms with van der Waals surface area (Å²) in [7, 11) is 1.46. The molecule has 0 saturated heterocycles. The molecule has 4 rings (SSSR count). The molecule has 3 aromatic rings. The number of rotatable bonds is 6. The third-order valence-corrected chi connectivity index (χ3v) is 5.91. The van der Waals surface area contributed by atoms with Crippen molar-refractivity contribution in [3.63, 3.8) is 0 Å². The van der Waals surface area contributed by atoms with Crippen molar-refractivity contribution < 1.29 is 23.9 Å². The molecule has 0 aromatic heterocycles. The van der Waals surface area contributed by atoms with Crippen LogP contribution in [0.1, 0.15) is 10.4 Å². The summed E-state index contributed by atoms with van der Waals surface area (Å²) in [5.41, 5.74) is 1.78. The lowest BCUT2D eigenvalue weighted by Crippen LogP contribution is -2.35. The lowest BCUT2D eigenvalue weighted by molar-refractivity contribution is -0.146. The van der Waals surface area contributed by atoms with Crippen LogP contribution in [0, 0.1) is 0 Å². The van der Waals surface area contributed by atoms with Gasteiger partial charge in [0.2, 0.25) is 0 Å². The first-order chi connectivity index (χ1) is 15.6. The molecular formula is C24H20N2O5S. The van der Waals surface area contributed by atoms with Crippen LogP contribution in [0.3, 0.4) is 0 Å². The van der Waals surface area contributed by atoms with Gasteiger partial charge in [-0.25, -0.2) is 0 Å². The highest BCUT2D eigenvalue weighted by Gasteiger charge is 2.28. The minimum Gasteiger partial charge on any atom is -0.496 e. The second kappa shape index (κ2) is 9.57. The van der Waals surface area contributed by atoms with E-state index in [1.54, 1.807) is 40.9 Å². The van der Waals surface area contributed by atoms with Crippen molar-refractivity contribution in [1.29, 1.82) is 0 Å². The third-order valence-electron chi connectivity index (χ3n) is 4.78. The lowest BCUT2D eigenvalue weighted by Gasteiger charge is -2.30. The number of amides is 2. The van der Waals surface area contributed by atoms with Gasteiger partial charge < -0.3 is 14.8 Å². The van der Waals surface area contributed by atoms with Crippen LogP contribution >= 0.6 is 11.8 Å². The first-order valence-electron chi connectivity index (χ1n) is 9.84. The van der Waals surface area contributed by atoms with E-state index >= 15 is 0 Å². The topological polar surface area (TPSA) is 84.9 Å². The number of methoxy groups -OCH3 is 1. The fraction of sp³-hybridized carbons (Fsp3) is 0.125. The number of ether oxygens (including phenoxy) is 2. The van der Waals surface area contributed by atoms with Crippen molar-refractivity contribution in [2.45, 2.75) is 9.79 Å². The van der Waals surface area contributed by atoms with Gasteiger partial charge in [0.1, 0.15) is 12.3 Å². The average molecular weight is 449 g/mol. The maximum absolute atomic E-state index is 13.0. The first-order valence-corrected chi connectivity index (χ1v) is 10.7. The Balaban J connectivity index is 1.39. The molecule has 0 atom stereocenters. The minimum atomic E-state index is -0.713. The number of carbonyl (C=O) groups is 3. The monoisotopic (exact) mass is 448 g/mol. The number of nitrogens with one attached hydrogen (secondary N) is 1. The van der Waals surface area contributed by atoms with E-state index in [-0.39, 0.29) is 12.5 Å². The Hall–Kier alpha value is -3.78. The molecule has 0 bridgehead atoms. The molecule has 1 aliphatic rings. The second-order valence-corrected chi connectivity index (χ2v) is 7.89. The standard InChI is InChI=1S/C24H20N2O5S/c1-30-19-11-5-2-8-16(19)24(29)25-14-23(28)31-15-22(27)26-17-9-3-6-12-20(17)32-21-13-7-4-10-18(21)26/h2-13H,14-15H2,1H3,(H,25,29). The molecule has 0 radical (unpaired) electrons. The highest BCUT2D eigenvalue weighted by atomic mass is 32.2. The number of benzene rings is 3. The van der Waals surface area contributed by atoms with E-state index in [4.69, 9.17) is 9.47 Å². The van der Waals surface area contributed by atoms with Crippen LogP contribution in [0.15, 0.2) is 82.6 Å². The van der Waals surface area contributed by atoms with Crippen molar-refractivity contribution in [3.05, 3.63) is 78.4 Å². The predicted molar refractivity (Wildman–Crippen MR) is 120 cm³/mol. The Morgan fingerprint density at radius 2 is 1.47 bits per heavy atom. The van der Waals surface area contributed by atoms with E-state index in [9.17, 15) is 14.4 Å². The van der Waals surface area contributed by atoms with Crippen LogP contribution in [-0.4, -0.2) is 38.0 Å². The van der Waals surface area contributed by atoms with Gasteiger partial charge in [-0.2, -0.15) is 0 Å². The third kappa shape index (κ3) is 4.45. The maximum atomic E-state index is 13.0. The van der Waals surface area contributed by atoms with Crippen molar-refractivity contribution >= 4 is 40.9 Å². The van der Waals surface area contributed by atoms with Gasteiger partial charge in [-0.3, -0.25) is 19.3 Å². The van der Waals surface area contributed by atoms with E-state index < -0.39 is 18.5 Å². The van der Waals surface area contributed by atoms with E-state index in [0.717, 1.165) is 21.2 Å². The fourth-order valence-electron chi connectivity index (χ4n) is 3.31. The predicted octanol–water partition coefficient (Wildman–Crippen LogP) is 3.80. The van der Waals surface area contributed by atoms with E-state index in [1.807, 2.05) is 48.5 Å². The molecule has 2 amide bonds. The Labute approximate surface area is 189 Å². The summed E-state index contributed by atoms with van der Waals surface area (Å²) in [5.74, 6) is -1.17. The summed E-state index contributed by atoms with van der Waals surface area (Å²) in [5, 5.41) is 2.49. The highest BCUT2D eigenvalue weighted by molar-refractivity contribution is 7.99. The van der Waals surface area contributed by atoms with E-state index in [1.165, 1.54) is 7.11 Å². The lowest BCUT2D eigenvalue weighted by atomic mass is 10.2. The van der Waals surface area contributed by atoms with Crippen LogP contribution in [0.25, 0.3) is 0 Å². The molecule has 8 heteroatoms. The molecule has 0 aliphatic carbocycles. The Bertz CT molecular complexity index is 1130. The number of carbonyl (C=O) groups excluding carboxylic acids is 3. The SMILES string of the molecule is COc1ccccc1C(=O)NCC(=O)OCC(=O)N1c2ccccc2Sc2ccccc21. The van der Waals surface area contributed by atoms with Crippen molar-refractivity contribution in [3.8, 4) is 5.75 Å². The van der Waals surface area contributed by atoms with Crippen LogP contribution in [-0.2, 0) is 14.3 Å². The smallest absolute Gasteiger partial charge is 0.325 e. The maximum Gasteiger partial charge on any atom is 0.325 e. The number of nitrogens with zero attached hydrogens (tertiary/aromatic N) is 1. The highest BCUT2D eigenvalue weighted by Crippen LogP contribution is 2.47. The summed E-state index contributed by atoms with van der Waals surface area (Å²) in [6, 6.07) is 21.8. The molecular weight excluding hydrogens is 428 g/mol. The van der Waals surface area contributed by atoms with Crippen LogP contribution in [0.5, 0.6) is 5.75 Å². The molecule has 0 fully saturated rings. The number of anilines is 2. The van der Waals surface area contributed by atoms with Crippen molar-refractivity contribution in [2.75, 3.05) is 25.2 Å². The van der Waals surface area contributed by atoms with Gasteiger partial charge in [0.15, 0.2) is 6.61 Å². The molecule has 0 saturated carbocycles. The van der Waals surface area contributed by atoms with Gasteiger partial charge in [0, 0.05) is 9.79 Å². The van der Waals surface area contributed by atoms with Gasteiger partial charge in [-0.05, 0) is 36.4 Å². The fourth-order valence-corrected chi connectivity index (χ4v) is 4.37. The van der Waals surface area contributed by atoms with Gasteiger partial charge >= 0.3 is 5.97 Å². The van der Waals surface area contributed by atoms with Gasteiger partial charge in [-0.1, -0.05) is 48.2 Å². The molecule has 32 heavy (non-hydrogen) atoms. The van der Waals surface area contributed by atoms with Gasteiger partial charge in [0.25, 0.3) is 11.8 Å². The average Bonchev–Trinajstić information content (AvgIpc) is 2.84. The van der Waals surface area contributed by atoms with Crippen molar-refractivity contribution in [1.82, 2.24) is 5.32 Å². The van der Waals surface area contributed by atoms with Crippen molar-refractivity contribution in [2.24, 2.45) is 0 Å². The number of hydrogen-bond donors (Lipinski definition) is 1. The minimum absolute atomic E-state index is 0.304. The Kier molecular flexibility index (Phi) is 6.42. The largest absolute Gasteiger partial charge is 0.496 e. The van der Waals surface area contributed by atoms with E-state index in [0.29, 0.717) is 11.3 Å². The molecule has 0 unspecified atom stereocenters. The molecule has 1 heterocycles. The first kappa shape index (κ1) is 21.5. The van der Waals surface area contributed by atoms with Gasteiger partial charge in [0.05, 0.1) is 24.0 Å². The quantitative estimate of drug-likeness (QED) is 0.578. The van der Waals surface area contributed by atoms with Crippen LogP contribution in [0.4, 0.5) is 11.4 Å². The van der Waals surface area contributed by atoms with Gasteiger partial charge in [-0.15, -0.1) is 0 Å². The summed E-state index contributed by atoms with van der Waals surface area (Å²) in [6.07, 6.45) is 0. The van der Waals surface area contributed by atoms with Crippen LogP contribution in [0.2, 0.25) is 0 Å². The molecule has 1 aliphatic heterocycles. The number of hydrogen-bond acceptors (Lipinski definition) is 6. The van der Waals surface area contributed by atoms with Crippen LogP contribution < -0.4 is 15.0 Å². The zero-order chi connectivity index (χ0) is 22.5. The summed E-state index contributed by atoms with van der Waals surface area (Å²) >= 11 is 1.58. The summed E-state index contributed by atoms with van der Waals surface area (Å²) in [6.45, 7) is -0.816. The zero-order valence-electron chi connectivity index (χ0n) is 17.2. The molecule has 7 nitrogen and oxygen atoms in total. The Morgan fingerprint density at radius 1 is 0.875 bits per heavy atom. The second-order valence-electron chi connectivity index (χ2n) is 6.81. The summed E-state index contributed by atoms with van der Waals surface area (Å²) in [4.78, 5) is 40.9. The Morgan fingerprint density at radius 3 is 2.12 bits per heavy atom. The number of fused-ring (bicyclic) bond motifs is 2.